The number of aliphatic hydroxyl groups excluding tert-OH is 1. The zero-order valence-electron chi connectivity index (χ0n) is 4.67. The van der Waals surface area contributed by atoms with Crippen LogP contribution < -0.4 is 0 Å². The van der Waals surface area contributed by atoms with Crippen LogP contribution in [0.2, 0.25) is 0 Å². The van der Waals surface area contributed by atoms with Gasteiger partial charge in [0.2, 0.25) is 0 Å². The molecular formula is C5H9N2O+. The highest BCUT2D eigenvalue weighted by atomic mass is 16.3. The van der Waals surface area contributed by atoms with Crippen molar-refractivity contribution in [3.8, 4) is 0 Å². The first-order valence-electron chi connectivity index (χ1n) is 2.71. The van der Waals surface area contributed by atoms with Gasteiger partial charge in [0.1, 0.15) is 6.54 Å². The number of hydrogen-bond acceptors (Lipinski definition) is 3. The molecule has 0 aromatic rings. The van der Waals surface area contributed by atoms with Crippen LogP contribution in [-0.4, -0.2) is 42.6 Å². The lowest BCUT2D eigenvalue weighted by atomic mass is 10.5. The van der Waals surface area contributed by atoms with Gasteiger partial charge in [0.25, 0.3) is 0 Å². The smallest absolute Gasteiger partial charge is 0.394 e. The minimum Gasteiger partial charge on any atom is -0.394 e. The Morgan fingerprint density at radius 1 is 1.75 bits per heavy atom. The Labute approximate surface area is 48.6 Å². The van der Waals surface area contributed by atoms with Crippen molar-refractivity contribution in [3.63, 3.8) is 0 Å². The van der Waals surface area contributed by atoms with Crippen molar-refractivity contribution < 1.29 is 5.11 Å². The van der Waals surface area contributed by atoms with E-state index < -0.39 is 0 Å². The van der Waals surface area contributed by atoms with Crippen LogP contribution in [-0.2, 0) is 0 Å². The lowest BCUT2D eigenvalue weighted by Crippen LogP contribution is -2.22. The lowest BCUT2D eigenvalue weighted by Gasteiger charge is -1.95. The van der Waals surface area contributed by atoms with Crippen molar-refractivity contribution in [2.75, 3.05) is 26.2 Å². The second-order valence-electron chi connectivity index (χ2n) is 1.69. The van der Waals surface area contributed by atoms with Crippen molar-refractivity contribution in [2.45, 2.75) is 0 Å². The molecule has 0 atom stereocenters. The highest BCUT2D eigenvalue weighted by Crippen LogP contribution is 1.89. The number of β-amino-alcohol motifs (C(OH)–C–C–N with tert-alkyl or cyclic N) is 1. The molecule has 0 aromatic heterocycles. The maximum atomic E-state index is 8.40. The van der Waals surface area contributed by atoms with E-state index >= 15 is 0 Å². The van der Waals surface area contributed by atoms with E-state index in [0.29, 0.717) is 6.54 Å². The monoisotopic (exact) mass is 113 g/mol. The molecule has 0 aromatic carbocycles. The van der Waals surface area contributed by atoms with Gasteiger partial charge in [-0.25, -0.2) is 0 Å². The van der Waals surface area contributed by atoms with E-state index in [2.05, 4.69) is 11.3 Å². The van der Waals surface area contributed by atoms with E-state index in [1.165, 1.54) is 0 Å². The molecule has 1 rings (SSSR count). The molecule has 3 nitrogen and oxygen atoms in total. The first kappa shape index (κ1) is 5.48. The highest BCUT2D eigenvalue weighted by molar-refractivity contribution is 5.56. The second-order valence-corrected chi connectivity index (χ2v) is 1.69. The van der Waals surface area contributed by atoms with Crippen molar-refractivity contribution in [2.24, 2.45) is 4.99 Å². The molecule has 0 aliphatic carbocycles. The molecule has 44 valence electrons. The predicted molar refractivity (Wildman–Crippen MR) is 31.0 cm³/mol. The van der Waals surface area contributed by atoms with Gasteiger partial charge in [-0.05, 0) is 4.99 Å². The fraction of sp³-hybridized carbons (Fsp3) is 0.800. The Bertz CT molecular complexity index is 92.4. The fourth-order valence-electron chi connectivity index (χ4n) is 0.653. The molecule has 1 heterocycles. The van der Waals surface area contributed by atoms with Crippen LogP contribution in [0.1, 0.15) is 0 Å². The Kier molecular flexibility index (Phi) is 1.78. The first-order chi connectivity index (χ1) is 3.93. The summed E-state index contributed by atoms with van der Waals surface area (Å²) in [5.41, 5.74) is 0. The fourth-order valence-corrected chi connectivity index (χ4v) is 0.653. The summed E-state index contributed by atoms with van der Waals surface area (Å²) >= 11 is 0. The van der Waals surface area contributed by atoms with Crippen LogP contribution in [0.3, 0.4) is 0 Å². The molecule has 3 heteroatoms. The van der Waals surface area contributed by atoms with Gasteiger partial charge in [-0.1, -0.05) is 0 Å². The highest BCUT2D eigenvalue weighted by Gasteiger charge is 2.18. The van der Waals surface area contributed by atoms with Gasteiger partial charge in [0, 0.05) is 0 Å². The Hall–Kier alpha value is -0.660. The van der Waals surface area contributed by atoms with E-state index in [9.17, 15) is 0 Å². The summed E-state index contributed by atoms with van der Waals surface area (Å²) in [4.78, 5) is 5.72. The van der Waals surface area contributed by atoms with Crippen molar-refractivity contribution >= 4 is 6.34 Å². The molecule has 0 saturated heterocycles. The summed E-state index contributed by atoms with van der Waals surface area (Å²) in [5, 5.41) is 8.40. The summed E-state index contributed by atoms with van der Waals surface area (Å²) in [6, 6.07) is 0. The van der Waals surface area contributed by atoms with Crippen LogP contribution in [0.15, 0.2) is 4.99 Å². The van der Waals surface area contributed by atoms with Crippen LogP contribution in [0.4, 0.5) is 0 Å². The standard InChI is InChI=1S/C5H9N2O/c8-4-3-7-2-1-6-5-7/h8H,1-4H2/q+1. The summed E-state index contributed by atoms with van der Waals surface area (Å²) in [7, 11) is 0. The van der Waals surface area contributed by atoms with Gasteiger partial charge in [-0.3, -0.25) is 0 Å². The molecule has 0 unspecified atom stereocenters. The van der Waals surface area contributed by atoms with E-state index in [0.717, 1.165) is 13.1 Å². The van der Waals surface area contributed by atoms with Gasteiger partial charge in [0.05, 0.1) is 19.7 Å². The van der Waals surface area contributed by atoms with Gasteiger partial charge < -0.3 is 5.11 Å². The number of aliphatic hydroxyl groups is 1. The lowest BCUT2D eigenvalue weighted by molar-refractivity contribution is 0.258. The van der Waals surface area contributed by atoms with E-state index in [4.69, 9.17) is 5.11 Å². The molecule has 1 aliphatic heterocycles. The van der Waals surface area contributed by atoms with E-state index in [1.54, 1.807) is 0 Å². The summed E-state index contributed by atoms with van der Waals surface area (Å²) in [6.07, 6.45) is 2.76. The molecule has 0 spiro atoms. The Morgan fingerprint density at radius 2 is 2.62 bits per heavy atom. The van der Waals surface area contributed by atoms with Crippen molar-refractivity contribution in [1.29, 1.82) is 0 Å². The van der Waals surface area contributed by atoms with Crippen LogP contribution >= 0.6 is 0 Å². The van der Waals surface area contributed by atoms with Gasteiger partial charge >= 0.3 is 6.34 Å². The first-order valence-corrected chi connectivity index (χ1v) is 2.71. The summed E-state index contributed by atoms with van der Waals surface area (Å²) in [5.74, 6) is 0. The molecule has 0 fully saturated rings. The molecule has 1 N–H and O–H groups in total. The summed E-state index contributed by atoms with van der Waals surface area (Å²) in [6.45, 7) is 2.62. The molecular weight excluding hydrogens is 104 g/mol. The van der Waals surface area contributed by atoms with Crippen LogP contribution in [0.5, 0.6) is 0 Å². The molecule has 0 bridgehead atoms. The predicted octanol–water partition coefficient (Wildman–Crippen LogP) is -0.800. The van der Waals surface area contributed by atoms with E-state index in [1.807, 2.05) is 4.90 Å². The van der Waals surface area contributed by atoms with Crippen molar-refractivity contribution in [3.05, 3.63) is 0 Å². The minimum atomic E-state index is 0.197. The zero-order chi connectivity index (χ0) is 5.82. The number of aliphatic imine (C=N–C) groups is 1. The largest absolute Gasteiger partial charge is 0.517 e. The molecule has 8 heavy (non-hydrogen) atoms. The second kappa shape index (κ2) is 2.60. The normalized spacial score (nSPS) is 16.9. The summed E-state index contributed by atoms with van der Waals surface area (Å²) < 4.78 is 0. The Balaban J connectivity index is 2.16. The maximum Gasteiger partial charge on any atom is 0.517 e. The quantitative estimate of drug-likeness (QED) is 0.476. The van der Waals surface area contributed by atoms with Crippen LogP contribution in [0.25, 0.3) is 0 Å². The Morgan fingerprint density at radius 3 is 3.12 bits per heavy atom. The minimum absolute atomic E-state index is 0.197. The van der Waals surface area contributed by atoms with Gasteiger partial charge in [0.15, 0.2) is 0 Å². The van der Waals surface area contributed by atoms with Crippen molar-refractivity contribution in [1.82, 2.24) is 4.90 Å². The molecule has 0 radical (unpaired) electrons. The zero-order valence-corrected chi connectivity index (χ0v) is 4.67. The van der Waals surface area contributed by atoms with Gasteiger partial charge in [-0.15, -0.1) is 4.90 Å². The number of hydrogen-bond donors (Lipinski definition) is 1. The molecule has 1 aliphatic rings. The maximum absolute atomic E-state index is 8.40. The molecule has 0 saturated carbocycles. The third-order valence-electron chi connectivity index (χ3n) is 1.06. The average molecular weight is 113 g/mol. The topological polar surface area (TPSA) is 35.8 Å². The molecule has 0 amide bonds. The van der Waals surface area contributed by atoms with Crippen LogP contribution in [0, 0.1) is 0 Å². The third-order valence-corrected chi connectivity index (χ3v) is 1.06. The SMILES string of the molecule is OCCN1[C+]=NCC1. The number of nitrogens with zero attached hydrogens (tertiary/aromatic N) is 2. The van der Waals surface area contributed by atoms with E-state index in [-0.39, 0.29) is 6.61 Å². The van der Waals surface area contributed by atoms with Gasteiger partial charge in [-0.2, -0.15) is 0 Å². The number of rotatable bonds is 2. The third kappa shape index (κ3) is 1.15. The average Bonchev–Trinajstić information content (AvgIpc) is 2.19.